The van der Waals surface area contributed by atoms with E-state index >= 15 is 0 Å². The van der Waals surface area contributed by atoms with E-state index in [1.165, 1.54) is 56.5 Å². The second-order valence-electron chi connectivity index (χ2n) is 18.8. The molecule has 1 amide bonds. The summed E-state index contributed by atoms with van der Waals surface area (Å²) in [5, 5.41) is 4.89. The lowest BCUT2D eigenvalue weighted by molar-refractivity contribution is -0.0638. The molecule has 5 aromatic rings. The molecule has 0 radical (unpaired) electrons. The third-order valence-corrected chi connectivity index (χ3v) is 17.0. The largest absolute Gasteiger partial charge is 0.361 e. The third kappa shape index (κ3) is 7.80. The molecule has 4 saturated carbocycles. The number of hydrogen-bond acceptors (Lipinski definition) is 7. The lowest BCUT2D eigenvalue weighted by Crippen LogP contribution is -2.48. The molecule has 1 aliphatic heterocycles. The van der Waals surface area contributed by atoms with Crippen molar-refractivity contribution in [1.29, 1.82) is 0 Å². The van der Waals surface area contributed by atoms with Gasteiger partial charge in [0.2, 0.25) is 7.37 Å². The Balaban J connectivity index is 0.983. The molecule has 4 bridgehead atoms. The maximum Gasteiger partial charge on any atom is 0.280 e. The number of hydrogen-bond donors (Lipinski definition) is 1. The minimum absolute atomic E-state index is 0.198. The Kier molecular flexibility index (Phi) is 10.1. The summed E-state index contributed by atoms with van der Waals surface area (Å²) in [4.78, 5) is 37.6. The number of para-hydroxylation sites is 1. The number of fused-ring (bicyclic) bond motifs is 2. The molecule has 300 valence electrons. The van der Waals surface area contributed by atoms with Gasteiger partial charge in [0.15, 0.2) is 4.80 Å². The van der Waals surface area contributed by atoms with Crippen molar-refractivity contribution in [2.75, 3.05) is 24.7 Å². The van der Waals surface area contributed by atoms with Crippen molar-refractivity contribution in [3.63, 3.8) is 0 Å². The average molecular weight is 823 g/mol. The van der Waals surface area contributed by atoms with Gasteiger partial charge in [-0.1, -0.05) is 55.2 Å². The lowest BCUT2D eigenvalue weighted by Gasteiger charge is -2.56. The summed E-state index contributed by atoms with van der Waals surface area (Å²) in [5.74, 6) is 2.91. The van der Waals surface area contributed by atoms with Crippen molar-refractivity contribution in [3.05, 3.63) is 88.0 Å². The Bertz CT molecular complexity index is 2440. The zero-order chi connectivity index (χ0) is 39.7. The van der Waals surface area contributed by atoms with Crippen molar-refractivity contribution < 1.29 is 19.0 Å². The highest BCUT2D eigenvalue weighted by atomic mass is 32.1. The van der Waals surface area contributed by atoms with Crippen LogP contribution in [0.3, 0.4) is 0 Å². The van der Waals surface area contributed by atoms with Crippen LogP contribution in [0.4, 0.5) is 5.82 Å². The summed E-state index contributed by atoms with van der Waals surface area (Å²) < 4.78 is 24.9. The molecular weight excluding hydrogens is 768 g/mol. The predicted molar refractivity (Wildman–Crippen MR) is 231 cm³/mol. The van der Waals surface area contributed by atoms with Gasteiger partial charge in [-0.2, -0.15) is 10.1 Å². The van der Waals surface area contributed by atoms with Gasteiger partial charge in [0.1, 0.15) is 18.0 Å². The molecule has 0 saturated heterocycles. The van der Waals surface area contributed by atoms with Gasteiger partial charge in [-0.15, -0.1) is 0 Å². The van der Waals surface area contributed by atoms with E-state index in [1.807, 2.05) is 53.2 Å². The van der Waals surface area contributed by atoms with Crippen LogP contribution in [0.2, 0.25) is 25.7 Å². The van der Waals surface area contributed by atoms with Crippen LogP contribution in [0, 0.1) is 30.1 Å². The molecule has 4 fully saturated rings. The Hall–Kier alpha value is -3.67. The van der Waals surface area contributed by atoms with E-state index in [0.717, 1.165) is 62.9 Å². The molecule has 0 spiro atoms. The lowest BCUT2D eigenvalue weighted by atomic mass is 9.49. The van der Waals surface area contributed by atoms with Crippen LogP contribution < -0.4 is 15.1 Å². The molecule has 1 atom stereocenters. The molecule has 57 heavy (non-hydrogen) atoms. The summed E-state index contributed by atoms with van der Waals surface area (Å²) >= 11 is 1.49. The van der Waals surface area contributed by atoms with Crippen LogP contribution in [-0.4, -0.2) is 58.0 Å². The van der Waals surface area contributed by atoms with Crippen molar-refractivity contribution in [3.8, 4) is 11.1 Å². The maximum absolute atomic E-state index is 14.1. The third-order valence-electron chi connectivity index (χ3n) is 13.1. The molecule has 10 nitrogen and oxygen atoms in total. The summed E-state index contributed by atoms with van der Waals surface area (Å²) in [6.07, 6.45) is 10.7. The Morgan fingerprint density at radius 3 is 2.47 bits per heavy atom. The molecule has 1 N–H and O–H groups in total. The Morgan fingerprint density at radius 2 is 1.75 bits per heavy atom. The SMILES string of the molecule is Cc1c(-c2ccc(N3CCc4cccc(C(=O)/N=c5\sc6ccccc6n5COCC[Si](C)(C)C)c4C3)nc2P(C)(=O)O)cnn1CC12CC3CC(CC(C3)C1)C2. The van der Waals surface area contributed by atoms with Crippen molar-refractivity contribution in [2.24, 2.45) is 28.2 Å². The molecule has 3 aromatic heterocycles. The second-order valence-corrected chi connectivity index (χ2v) is 27.6. The van der Waals surface area contributed by atoms with Gasteiger partial charge < -0.3 is 14.5 Å². The molecule has 13 heteroatoms. The highest BCUT2D eigenvalue weighted by molar-refractivity contribution is 7.65. The standard InChI is InChI=1S/C44H55N6O4PSSi/c1-29-36(25-45-50(29)27-44-22-30-19-31(23-44)21-32(20-30)24-44)35-13-14-40(46-42(35)55(2,52)53)48-16-15-33-9-8-10-34(37(33)26-48)41(51)47-43-49(28-54-17-18-57(3,4)5)38-11-6-7-12-39(38)56-43/h6-14,25,30-32H,15-24,26-28H2,1-5H3,(H,52,53)/b47-43-. The van der Waals surface area contributed by atoms with E-state index in [1.54, 1.807) is 0 Å². The second kappa shape index (κ2) is 14.9. The fourth-order valence-corrected chi connectivity index (χ4v) is 13.4. The summed E-state index contributed by atoms with van der Waals surface area (Å²) in [7, 11) is -5.04. The van der Waals surface area contributed by atoms with Crippen LogP contribution in [0.1, 0.15) is 65.7 Å². The fraction of sp³-hybridized carbons (Fsp3) is 0.500. The number of rotatable bonds is 11. The molecule has 5 aliphatic rings. The number of ether oxygens (including phenoxy) is 1. The fourth-order valence-electron chi connectivity index (χ4n) is 10.7. The normalized spacial score (nSPS) is 24.3. The zero-order valence-corrected chi connectivity index (χ0v) is 36.6. The van der Waals surface area contributed by atoms with E-state index in [4.69, 9.17) is 19.8 Å². The topological polar surface area (TPSA) is 115 Å². The van der Waals surface area contributed by atoms with Gasteiger partial charge in [-0.25, -0.2) is 4.98 Å². The number of carbonyl (C=O) groups excluding carboxylic acids is 1. The first-order valence-electron chi connectivity index (χ1n) is 20.7. The monoisotopic (exact) mass is 822 g/mol. The Morgan fingerprint density at radius 1 is 1.02 bits per heavy atom. The first kappa shape index (κ1) is 38.8. The molecule has 4 aliphatic carbocycles. The maximum atomic E-state index is 14.1. The van der Waals surface area contributed by atoms with Gasteiger partial charge in [-0.05, 0) is 123 Å². The van der Waals surface area contributed by atoms with Crippen LogP contribution >= 0.6 is 18.7 Å². The van der Waals surface area contributed by atoms with Gasteiger partial charge >= 0.3 is 0 Å². The molecular formula is C44H55N6O4PSSi. The number of benzene rings is 2. The summed E-state index contributed by atoms with van der Waals surface area (Å²) in [6.45, 7) is 13.5. The molecule has 2 aromatic carbocycles. The molecule has 4 heterocycles. The highest BCUT2D eigenvalue weighted by Crippen LogP contribution is 2.60. The van der Waals surface area contributed by atoms with Crippen molar-refractivity contribution in [2.45, 2.75) is 97.4 Å². The van der Waals surface area contributed by atoms with Crippen molar-refractivity contribution in [1.82, 2.24) is 19.3 Å². The van der Waals surface area contributed by atoms with E-state index in [9.17, 15) is 14.3 Å². The molecule has 1 unspecified atom stereocenters. The first-order chi connectivity index (χ1) is 27.2. The Labute approximate surface area is 340 Å². The zero-order valence-electron chi connectivity index (χ0n) is 33.9. The number of aromatic nitrogens is 4. The van der Waals surface area contributed by atoms with E-state index in [-0.39, 0.29) is 11.3 Å². The van der Waals surface area contributed by atoms with E-state index < -0.39 is 15.4 Å². The van der Waals surface area contributed by atoms with Gasteiger partial charge in [0, 0.05) is 63.4 Å². The van der Waals surface area contributed by atoms with E-state index in [2.05, 4.69) is 48.3 Å². The smallest absolute Gasteiger partial charge is 0.280 e. The number of nitrogens with zero attached hydrogens (tertiary/aromatic N) is 6. The summed E-state index contributed by atoms with van der Waals surface area (Å²) in [5.41, 5.74) is 6.64. The summed E-state index contributed by atoms with van der Waals surface area (Å²) in [6, 6.07) is 18.9. The first-order valence-corrected chi connectivity index (χ1v) is 27.3. The average Bonchev–Trinajstić information content (AvgIpc) is 3.69. The van der Waals surface area contributed by atoms with Gasteiger partial charge in [0.05, 0.1) is 16.4 Å². The number of pyridine rings is 1. The number of anilines is 1. The van der Waals surface area contributed by atoms with Crippen LogP contribution in [0.25, 0.3) is 21.3 Å². The minimum Gasteiger partial charge on any atom is -0.361 e. The minimum atomic E-state index is -3.79. The number of carbonyl (C=O) groups is 1. The van der Waals surface area contributed by atoms with Gasteiger partial charge in [0.25, 0.3) is 5.91 Å². The van der Waals surface area contributed by atoms with Gasteiger partial charge in [-0.3, -0.25) is 18.6 Å². The van der Waals surface area contributed by atoms with Crippen LogP contribution in [-0.2, 0) is 35.5 Å². The number of amides is 1. The van der Waals surface area contributed by atoms with Crippen LogP contribution in [0.5, 0.6) is 0 Å². The predicted octanol–water partition coefficient (Wildman–Crippen LogP) is 8.63. The number of thiazole rings is 1. The van der Waals surface area contributed by atoms with Crippen molar-refractivity contribution >= 4 is 54.2 Å². The molecule has 10 rings (SSSR count). The quantitative estimate of drug-likeness (QED) is 0.0806. The van der Waals surface area contributed by atoms with E-state index in [0.29, 0.717) is 60.0 Å². The highest BCUT2D eigenvalue weighted by Gasteiger charge is 2.51. The van der Waals surface area contributed by atoms with Crippen LogP contribution in [0.15, 0.2) is 65.8 Å².